The Morgan fingerprint density at radius 1 is 0.878 bits per heavy atom. The second kappa shape index (κ2) is 13.3. The van der Waals surface area contributed by atoms with Crippen molar-refractivity contribution in [3.05, 3.63) is 60.2 Å². The van der Waals surface area contributed by atoms with E-state index >= 15 is 4.39 Å². The Hall–Kier alpha value is -4.42. The maximum atomic E-state index is 15.1. The van der Waals surface area contributed by atoms with Crippen molar-refractivity contribution in [2.45, 2.75) is 26.2 Å². The van der Waals surface area contributed by atoms with Crippen molar-refractivity contribution in [2.24, 2.45) is 0 Å². The van der Waals surface area contributed by atoms with Crippen LogP contribution in [-0.2, 0) is 14.9 Å². The van der Waals surface area contributed by atoms with Gasteiger partial charge in [0.2, 0.25) is 0 Å². The van der Waals surface area contributed by atoms with Gasteiger partial charge in [-0.25, -0.2) is 9.18 Å². The van der Waals surface area contributed by atoms with E-state index in [0.29, 0.717) is 60.3 Å². The van der Waals surface area contributed by atoms with Gasteiger partial charge in [-0.05, 0) is 24.3 Å². The van der Waals surface area contributed by atoms with E-state index in [4.69, 9.17) is 28.2 Å². The average molecular weight is 569 g/mol. The highest BCUT2D eigenvalue weighted by molar-refractivity contribution is 5.99. The molecule has 0 saturated heterocycles. The van der Waals surface area contributed by atoms with Crippen molar-refractivity contribution in [3.63, 3.8) is 0 Å². The van der Waals surface area contributed by atoms with E-state index < -0.39 is 11.8 Å². The molecule has 0 bridgehead atoms. The molecular formula is C29H33FN4O7. The summed E-state index contributed by atoms with van der Waals surface area (Å²) < 4.78 is 48.1. The van der Waals surface area contributed by atoms with E-state index in [9.17, 15) is 4.79 Å². The number of ether oxygens (including phenoxy) is 5. The molecular weight excluding hydrogens is 535 g/mol. The summed E-state index contributed by atoms with van der Waals surface area (Å²) in [5.41, 5.74) is 0.520. The lowest BCUT2D eigenvalue weighted by Gasteiger charge is -2.15. The standard InChI is InChI=1S/C29H33FN4O7/c1-29(2,3)26-17-27(34-41-26)33-28(35)32-18-6-7-23(20(30)14-18)40-22-8-9-31-21-16-25(39-13-11-37-5)24(15-19(21)22)38-12-10-36-4/h6-9,14-17H,10-13H2,1-5H3,(H2,32,33,34,35). The molecule has 0 spiro atoms. The highest BCUT2D eigenvalue weighted by atomic mass is 19.1. The number of aromatic nitrogens is 2. The largest absolute Gasteiger partial charge is 0.487 e. The van der Waals surface area contributed by atoms with Crippen LogP contribution in [0.15, 0.2) is 53.2 Å². The molecule has 2 heterocycles. The number of rotatable bonds is 12. The van der Waals surface area contributed by atoms with E-state index in [1.165, 1.54) is 12.1 Å². The quantitative estimate of drug-likeness (QED) is 0.194. The first kappa shape index (κ1) is 29.6. The minimum absolute atomic E-state index is 0.0444. The van der Waals surface area contributed by atoms with Gasteiger partial charge >= 0.3 is 6.03 Å². The number of benzene rings is 2. The number of fused-ring (bicyclic) bond motifs is 1. The Labute approximate surface area is 236 Å². The third-order valence-electron chi connectivity index (χ3n) is 5.76. The lowest BCUT2D eigenvalue weighted by Crippen LogP contribution is -2.19. The Morgan fingerprint density at radius 3 is 2.22 bits per heavy atom. The Morgan fingerprint density at radius 2 is 1.59 bits per heavy atom. The van der Waals surface area contributed by atoms with Gasteiger partial charge in [-0.3, -0.25) is 10.3 Å². The van der Waals surface area contributed by atoms with Gasteiger partial charge in [-0.1, -0.05) is 25.9 Å². The maximum absolute atomic E-state index is 15.1. The molecule has 0 aliphatic carbocycles. The first-order valence-electron chi connectivity index (χ1n) is 12.9. The molecule has 2 aromatic heterocycles. The number of pyridine rings is 1. The van der Waals surface area contributed by atoms with Gasteiger partial charge in [-0.15, -0.1) is 0 Å². The molecule has 4 aromatic rings. The van der Waals surface area contributed by atoms with Crippen molar-refractivity contribution >= 4 is 28.4 Å². The van der Waals surface area contributed by atoms with Crippen LogP contribution in [0.2, 0.25) is 0 Å². The van der Waals surface area contributed by atoms with E-state index in [-0.39, 0.29) is 22.7 Å². The topological polar surface area (TPSA) is 126 Å². The van der Waals surface area contributed by atoms with Crippen molar-refractivity contribution in [1.29, 1.82) is 0 Å². The predicted octanol–water partition coefficient (Wildman–Crippen LogP) is 6.15. The van der Waals surface area contributed by atoms with Crippen LogP contribution >= 0.6 is 0 Å². The van der Waals surface area contributed by atoms with Gasteiger partial charge < -0.3 is 33.5 Å². The molecule has 12 heteroatoms. The minimum Gasteiger partial charge on any atom is -0.487 e. The van der Waals surface area contributed by atoms with Gasteiger partial charge in [0, 0.05) is 55.1 Å². The zero-order valence-electron chi connectivity index (χ0n) is 23.6. The average Bonchev–Trinajstić information content (AvgIpc) is 3.40. The molecule has 4 rings (SSSR count). The van der Waals surface area contributed by atoms with Gasteiger partial charge in [0.25, 0.3) is 0 Å². The van der Waals surface area contributed by atoms with Gasteiger partial charge in [0.1, 0.15) is 24.7 Å². The molecule has 41 heavy (non-hydrogen) atoms. The number of nitrogens with zero attached hydrogens (tertiary/aromatic N) is 2. The number of carbonyl (C=O) groups is 1. The highest BCUT2D eigenvalue weighted by Crippen LogP contribution is 2.38. The fraction of sp³-hybridized carbons (Fsp3) is 0.345. The molecule has 0 aliphatic heterocycles. The summed E-state index contributed by atoms with van der Waals surface area (Å²) in [6.07, 6.45) is 1.55. The first-order valence-corrected chi connectivity index (χ1v) is 12.9. The summed E-state index contributed by atoms with van der Waals surface area (Å²) in [6, 6.07) is 10.2. The molecule has 2 N–H and O–H groups in total. The lowest BCUT2D eigenvalue weighted by molar-refractivity contribution is 0.132. The molecule has 0 unspecified atom stereocenters. The second-order valence-electron chi connectivity index (χ2n) is 9.96. The Kier molecular flexibility index (Phi) is 9.58. The molecule has 0 fully saturated rings. The monoisotopic (exact) mass is 568 g/mol. The number of amides is 2. The van der Waals surface area contributed by atoms with Crippen molar-refractivity contribution in [3.8, 4) is 23.0 Å². The maximum Gasteiger partial charge on any atom is 0.324 e. The predicted molar refractivity (Wildman–Crippen MR) is 151 cm³/mol. The van der Waals surface area contributed by atoms with E-state index in [0.717, 1.165) is 6.07 Å². The highest BCUT2D eigenvalue weighted by Gasteiger charge is 2.20. The van der Waals surface area contributed by atoms with Crippen molar-refractivity contribution < 1.29 is 37.4 Å². The fourth-order valence-corrected chi connectivity index (χ4v) is 3.66. The summed E-state index contributed by atoms with van der Waals surface area (Å²) >= 11 is 0. The van der Waals surface area contributed by atoms with Crippen LogP contribution in [0.25, 0.3) is 10.9 Å². The van der Waals surface area contributed by atoms with Crippen LogP contribution < -0.4 is 24.8 Å². The molecule has 0 radical (unpaired) electrons. The Balaban J connectivity index is 1.50. The molecule has 218 valence electrons. The molecule has 0 saturated carbocycles. The number of methoxy groups -OCH3 is 2. The number of halogens is 1. The molecule has 0 atom stereocenters. The number of hydrogen-bond acceptors (Lipinski definition) is 9. The summed E-state index contributed by atoms with van der Waals surface area (Å²) in [7, 11) is 3.17. The van der Waals surface area contributed by atoms with Crippen LogP contribution in [0, 0.1) is 5.82 Å². The van der Waals surface area contributed by atoms with Gasteiger partial charge in [-0.2, -0.15) is 0 Å². The number of carbonyl (C=O) groups excluding carboxylic acids is 1. The molecule has 2 amide bonds. The molecule has 11 nitrogen and oxygen atoms in total. The van der Waals surface area contributed by atoms with Crippen LogP contribution in [0.3, 0.4) is 0 Å². The minimum atomic E-state index is -0.680. The van der Waals surface area contributed by atoms with Gasteiger partial charge in [0.05, 0.1) is 18.7 Å². The van der Waals surface area contributed by atoms with Crippen molar-refractivity contribution in [2.75, 3.05) is 51.3 Å². The number of nitrogens with one attached hydrogen (secondary N) is 2. The fourth-order valence-electron chi connectivity index (χ4n) is 3.66. The molecule has 0 aliphatic rings. The smallest absolute Gasteiger partial charge is 0.324 e. The SMILES string of the molecule is COCCOc1cc2nccc(Oc3ccc(NC(=O)Nc4cc(C(C)(C)C)on4)cc3F)c2cc1OCCOC. The summed E-state index contributed by atoms with van der Waals surface area (Å²) in [5.74, 6) is 1.43. The third-order valence-corrected chi connectivity index (χ3v) is 5.76. The zero-order chi connectivity index (χ0) is 29.4. The zero-order valence-corrected chi connectivity index (χ0v) is 23.6. The third kappa shape index (κ3) is 7.83. The van der Waals surface area contributed by atoms with E-state index in [1.54, 1.807) is 44.7 Å². The molecule has 2 aromatic carbocycles. The summed E-state index contributed by atoms with van der Waals surface area (Å²) in [5, 5.41) is 9.57. The van der Waals surface area contributed by atoms with Crippen LogP contribution in [0.4, 0.5) is 20.7 Å². The number of hydrogen-bond donors (Lipinski definition) is 2. The van der Waals surface area contributed by atoms with E-state index in [1.807, 2.05) is 20.8 Å². The summed E-state index contributed by atoms with van der Waals surface area (Å²) in [4.78, 5) is 16.8. The van der Waals surface area contributed by atoms with Crippen LogP contribution in [-0.4, -0.2) is 56.8 Å². The Bertz CT molecular complexity index is 1490. The van der Waals surface area contributed by atoms with Gasteiger partial charge in [0.15, 0.2) is 28.9 Å². The normalized spacial score (nSPS) is 11.4. The van der Waals surface area contributed by atoms with Crippen LogP contribution in [0.1, 0.15) is 26.5 Å². The lowest BCUT2D eigenvalue weighted by atomic mass is 9.93. The van der Waals surface area contributed by atoms with Crippen molar-refractivity contribution in [1.82, 2.24) is 10.1 Å². The number of urea groups is 1. The first-order chi connectivity index (χ1) is 19.7. The van der Waals surface area contributed by atoms with Crippen LogP contribution in [0.5, 0.6) is 23.0 Å². The number of anilines is 2. The second-order valence-corrected chi connectivity index (χ2v) is 9.96. The summed E-state index contributed by atoms with van der Waals surface area (Å²) in [6.45, 7) is 7.28. The van der Waals surface area contributed by atoms with E-state index in [2.05, 4.69) is 20.8 Å².